The highest BCUT2D eigenvalue weighted by molar-refractivity contribution is 5.79. The summed E-state index contributed by atoms with van der Waals surface area (Å²) in [6.45, 7) is 4.13. The molecule has 2 rings (SSSR count). The minimum atomic E-state index is 0.157. The Labute approximate surface area is 90.7 Å². The first-order valence-electron chi connectivity index (χ1n) is 5.50. The van der Waals surface area contributed by atoms with Crippen LogP contribution in [0, 0.1) is 13.8 Å². The molecule has 0 aromatic heterocycles. The first kappa shape index (κ1) is 10.2. The van der Waals surface area contributed by atoms with E-state index in [2.05, 4.69) is 37.4 Å². The molecular weight excluding hydrogens is 186 g/mol. The Morgan fingerprint density at radius 3 is 2.73 bits per heavy atom. The number of amides is 1. The molecule has 1 aromatic carbocycles. The molecule has 1 aliphatic carbocycles. The third kappa shape index (κ3) is 2.82. The van der Waals surface area contributed by atoms with Crippen molar-refractivity contribution in [3.8, 4) is 0 Å². The molecule has 0 saturated heterocycles. The molecule has 0 atom stereocenters. The van der Waals surface area contributed by atoms with Crippen molar-refractivity contribution in [1.29, 1.82) is 0 Å². The number of hydrogen-bond donors (Lipinski definition) is 1. The van der Waals surface area contributed by atoms with Crippen LogP contribution in [-0.4, -0.2) is 11.9 Å². The zero-order valence-electron chi connectivity index (χ0n) is 9.34. The monoisotopic (exact) mass is 203 g/mol. The van der Waals surface area contributed by atoms with Gasteiger partial charge in [-0.25, -0.2) is 0 Å². The SMILES string of the molecule is Cc1ccc(CC(=O)NC2CC2)c(C)c1. The second-order valence-corrected chi connectivity index (χ2v) is 4.45. The average Bonchev–Trinajstić information content (AvgIpc) is 2.94. The van der Waals surface area contributed by atoms with Crippen LogP contribution >= 0.6 is 0 Å². The molecule has 0 unspecified atom stereocenters. The zero-order chi connectivity index (χ0) is 10.8. The van der Waals surface area contributed by atoms with Gasteiger partial charge in [0.1, 0.15) is 0 Å². The smallest absolute Gasteiger partial charge is 0.224 e. The molecule has 0 heterocycles. The van der Waals surface area contributed by atoms with Crippen molar-refractivity contribution in [3.05, 3.63) is 34.9 Å². The largest absolute Gasteiger partial charge is 0.353 e. The fourth-order valence-corrected chi connectivity index (χ4v) is 1.72. The van der Waals surface area contributed by atoms with Gasteiger partial charge < -0.3 is 5.32 Å². The number of aryl methyl sites for hydroxylation is 2. The fraction of sp³-hybridized carbons (Fsp3) is 0.462. The van der Waals surface area contributed by atoms with Crippen LogP contribution in [0.1, 0.15) is 29.5 Å². The Kier molecular flexibility index (Phi) is 2.76. The molecule has 1 saturated carbocycles. The molecule has 2 heteroatoms. The lowest BCUT2D eigenvalue weighted by molar-refractivity contribution is -0.120. The quantitative estimate of drug-likeness (QED) is 0.801. The summed E-state index contributed by atoms with van der Waals surface area (Å²) in [7, 11) is 0. The van der Waals surface area contributed by atoms with Crippen molar-refractivity contribution in [3.63, 3.8) is 0 Å². The third-order valence-electron chi connectivity index (χ3n) is 2.79. The van der Waals surface area contributed by atoms with Crippen LogP contribution in [0.3, 0.4) is 0 Å². The van der Waals surface area contributed by atoms with Gasteiger partial charge in [0.2, 0.25) is 5.91 Å². The van der Waals surface area contributed by atoms with Crippen molar-refractivity contribution < 1.29 is 4.79 Å². The molecule has 1 N–H and O–H groups in total. The van der Waals surface area contributed by atoms with Crippen LogP contribution in [0.15, 0.2) is 18.2 Å². The molecule has 1 fully saturated rings. The van der Waals surface area contributed by atoms with Crippen molar-refractivity contribution >= 4 is 5.91 Å². The predicted octanol–water partition coefficient (Wildman–Crippen LogP) is 2.12. The number of hydrogen-bond acceptors (Lipinski definition) is 1. The van der Waals surface area contributed by atoms with Crippen LogP contribution in [0.4, 0.5) is 0 Å². The van der Waals surface area contributed by atoms with Crippen molar-refractivity contribution in [2.24, 2.45) is 0 Å². The lowest BCUT2D eigenvalue weighted by Crippen LogP contribution is -2.27. The van der Waals surface area contributed by atoms with E-state index in [-0.39, 0.29) is 5.91 Å². The summed E-state index contributed by atoms with van der Waals surface area (Å²) in [5.41, 5.74) is 3.60. The van der Waals surface area contributed by atoms with Gasteiger partial charge >= 0.3 is 0 Å². The van der Waals surface area contributed by atoms with Crippen LogP contribution < -0.4 is 5.32 Å². The average molecular weight is 203 g/mol. The Hall–Kier alpha value is -1.31. The molecular formula is C13H17NO. The summed E-state index contributed by atoms with van der Waals surface area (Å²) in [5, 5.41) is 3.01. The van der Waals surface area contributed by atoms with Crippen LogP contribution in [0.25, 0.3) is 0 Å². The summed E-state index contributed by atoms with van der Waals surface area (Å²) in [4.78, 5) is 11.6. The number of carbonyl (C=O) groups is 1. The van der Waals surface area contributed by atoms with Gasteiger partial charge in [-0.15, -0.1) is 0 Å². The molecule has 80 valence electrons. The molecule has 0 aliphatic heterocycles. The second-order valence-electron chi connectivity index (χ2n) is 4.45. The molecule has 0 spiro atoms. The fourth-order valence-electron chi connectivity index (χ4n) is 1.72. The van der Waals surface area contributed by atoms with Crippen LogP contribution in [0.5, 0.6) is 0 Å². The van der Waals surface area contributed by atoms with Crippen molar-refractivity contribution in [1.82, 2.24) is 5.32 Å². The normalized spacial score (nSPS) is 15.1. The molecule has 2 nitrogen and oxygen atoms in total. The number of nitrogens with one attached hydrogen (secondary N) is 1. The van der Waals surface area contributed by atoms with E-state index in [1.807, 2.05) is 0 Å². The highest BCUT2D eigenvalue weighted by Gasteiger charge is 2.23. The van der Waals surface area contributed by atoms with Gasteiger partial charge in [-0.2, -0.15) is 0 Å². The lowest BCUT2D eigenvalue weighted by atomic mass is 10.0. The highest BCUT2D eigenvalue weighted by atomic mass is 16.1. The van der Waals surface area contributed by atoms with E-state index >= 15 is 0 Å². The van der Waals surface area contributed by atoms with Gasteiger partial charge in [0, 0.05) is 6.04 Å². The Morgan fingerprint density at radius 2 is 2.13 bits per heavy atom. The first-order chi connectivity index (χ1) is 7.15. The second kappa shape index (κ2) is 4.05. The standard InChI is InChI=1S/C13H17NO/c1-9-3-4-11(10(2)7-9)8-13(15)14-12-5-6-12/h3-4,7,12H,5-6,8H2,1-2H3,(H,14,15). The number of benzene rings is 1. The molecule has 1 aromatic rings. The predicted molar refractivity (Wildman–Crippen MR) is 60.8 cm³/mol. The summed E-state index contributed by atoms with van der Waals surface area (Å²) in [6, 6.07) is 6.70. The molecule has 15 heavy (non-hydrogen) atoms. The summed E-state index contributed by atoms with van der Waals surface area (Å²) < 4.78 is 0. The Morgan fingerprint density at radius 1 is 1.40 bits per heavy atom. The number of carbonyl (C=O) groups excluding carboxylic acids is 1. The maximum absolute atomic E-state index is 11.6. The highest BCUT2D eigenvalue weighted by Crippen LogP contribution is 2.19. The van der Waals surface area contributed by atoms with Crippen molar-refractivity contribution in [2.45, 2.75) is 39.2 Å². The molecule has 1 amide bonds. The minimum absolute atomic E-state index is 0.157. The minimum Gasteiger partial charge on any atom is -0.353 e. The van der Waals surface area contributed by atoms with Crippen molar-refractivity contribution in [2.75, 3.05) is 0 Å². The van der Waals surface area contributed by atoms with Gasteiger partial charge in [-0.1, -0.05) is 23.8 Å². The van der Waals surface area contributed by atoms with Crippen LogP contribution in [-0.2, 0) is 11.2 Å². The van der Waals surface area contributed by atoms with E-state index < -0.39 is 0 Å². The van der Waals surface area contributed by atoms with E-state index in [9.17, 15) is 4.79 Å². The number of rotatable bonds is 3. The van der Waals surface area contributed by atoms with Gasteiger partial charge in [-0.3, -0.25) is 4.79 Å². The van der Waals surface area contributed by atoms with E-state index in [4.69, 9.17) is 0 Å². The lowest BCUT2D eigenvalue weighted by Gasteiger charge is -2.07. The summed E-state index contributed by atoms with van der Waals surface area (Å²) in [6.07, 6.45) is 2.82. The third-order valence-corrected chi connectivity index (χ3v) is 2.79. The van der Waals surface area contributed by atoms with E-state index in [0.29, 0.717) is 12.5 Å². The van der Waals surface area contributed by atoms with Gasteiger partial charge in [-0.05, 0) is 37.8 Å². The van der Waals surface area contributed by atoms with Gasteiger partial charge in [0.15, 0.2) is 0 Å². The van der Waals surface area contributed by atoms with Gasteiger partial charge in [0.25, 0.3) is 0 Å². The molecule has 0 bridgehead atoms. The van der Waals surface area contributed by atoms with Crippen LogP contribution in [0.2, 0.25) is 0 Å². The summed E-state index contributed by atoms with van der Waals surface area (Å²) >= 11 is 0. The summed E-state index contributed by atoms with van der Waals surface area (Å²) in [5.74, 6) is 0.157. The molecule has 0 radical (unpaired) electrons. The van der Waals surface area contributed by atoms with Gasteiger partial charge in [0.05, 0.1) is 6.42 Å². The zero-order valence-corrected chi connectivity index (χ0v) is 9.34. The van der Waals surface area contributed by atoms with E-state index in [1.54, 1.807) is 0 Å². The topological polar surface area (TPSA) is 29.1 Å². The first-order valence-corrected chi connectivity index (χ1v) is 5.50. The molecule has 1 aliphatic rings. The van der Waals surface area contributed by atoms with E-state index in [0.717, 1.165) is 18.4 Å². The maximum atomic E-state index is 11.6. The van der Waals surface area contributed by atoms with E-state index in [1.165, 1.54) is 11.1 Å². The Balaban J connectivity index is 1.99. The maximum Gasteiger partial charge on any atom is 0.224 e. The Bertz CT molecular complexity index is 380.